The Labute approximate surface area is 98.1 Å². The minimum Gasteiger partial charge on any atom is -0.350 e. The van der Waals surface area contributed by atoms with E-state index in [1.165, 1.54) is 6.07 Å². The number of benzene rings is 1. The van der Waals surface area contributed by atoms with Gasteiger partial charge in [-0.05, 0) is 6.07 Å². The second kappa shape index (κ2) is 4.59. The van der Waals surface area contributed by atoms with Crippen molar-refractivity contribution in [1.82, 2.24) is 4.98 Å². The third-order valence-corrected chi connectivity index (χ3v) is 2.11. The fourth-order valence-electron chi connectivity index (χ4n) is 1.31. The Morgan fingerprint density at radius 1 is 0.889 bits per heavy atom. The van der Waals surface area contributed by atoms with Crippen LogP contribution in [-0.4, -0.2) is 4.98 Å². The van der Waals surface area contributed by atoms with Gasteiger partial charge in [0.2, 0.25) is 5.95 Å². The van der Waals surface area contributed by atoms with Crippen molar-refractivity contribution in [3.05, 3.63) is 53.6 Å². The molecular weight excluding hydrogens is 255 g/mol. The summed E-state index contributed by atoms with van der Waals surface area (Å²) in [6.07, 6.45) is 1.03. The third kappa shape index (κ3) is 2.24. The molecule has 0 fully saturated rings. The predicted molar refractivity (Wildman–Crippen MR) is 53.8 cm³/mol. The minimum absolute atomic E-state index is 0.0863. The molecule has 1 aromatic heterocycles. The summed E-state index contributed by atoms with van der Waals surface area (Å²) < 4.78 is 65.1. The van der Waals surface area contributed by atoms with Gasteiger partial charge in [0.1, 0.15) is 5.69 Å². The highest BCUT2D eigenvalue weighted by Crippen LogP contribution is 2.27. The summed E-state index contributed by atoms with van der Waals surface area (Å²) in [6.45, 7) is 0. The number of anilines is 2. The Balaban J connectivity index is 2.46. The Bertz CT molecular complexity index is 574. The van der Waals surface area contributed by atoms with Crippen molar-refractivity contribution in [3.8, 4) is 0 Å². The van der Waals surface area contributed by atoms with Crippen LogP contribution in [0.1, 0.15) is 0 Å². The summed E-state index contributed by atoms with van der Waals surface area (Å²) in [5.41, 5.74) is -1.12. The molecule has 0 saturated heterocycles. The van der Waals surface area contributed by atoms with Gasteiger partial charge in [-0.25, -0.2) is 22.5 Å². The van der Waals surface area contributed by atoms with Gasteiger partial charge >= 0.3 is 0 Å². The van der Waals surface area contributed by atoms with Crippen molar-refractivity contribution < 1.29 is 22.0 Å². The lowest BCUT2D eigenvalue weighted by atomic mass is 10.2. The van der Waals surface area contributed by atoms with E-state index in [0.717, 1.165) is 12.3 Å². The first-order valence-electron chi connectivity index (χ1n) is 4.70. The molecule has 1 aromatic carbocycles. The Kier molecular flexibility index (Phi) is 3.14. The molecule has 0 saturated carbocycles. The van der Waals surface area contributed by atoms with E-state index < -0.39 is 34.9 Å². The lowest BCUT2D eigenvalue weighted by molar-refractivity contribution is 0.459. The molecule has 0 radical (unpaired) electrons. The molecule has 1 heterocycles. The fraction of sp³-hybridized carbons (Fsp3) is 0. The average Bonchev–Trinajstić information content (AvgIpc) is 2.32. The molecule has 0 unspecified atom stereocenters. The smallest absolute Gasteiger partial charge is 0.214 e. The SMILES string of the molecule is Fc1cc(Nc2c(F)c(F)cc(F)c2F)ccn1. The third-order valence-electron chi connectivity index (χ3n) is 2.11. The standard InChI is InChI=1S/C11H5F5N2/c12-6-4-7(13)10(16)11(9(6)15)18-5-1-2-17-8(14)3-5/h1-4H,(H,17,18). The average molecular weight is 260 g/mol. The van der Waals surface area contributed by atoms with E-state index >= 15 is 0 Å². The van der Waals surface area contributed by atoms with Gasteiger partial charge in [-0.1, -0.05) is 0 Å². The first-order valence-corrected chi connectivity index (χ1v) is 4.70. The normalized spacial score (nSPS) is 10.5. The van der Waals surface area contributed by atoms with E-state index in [4.69, 9.17) is 0 Å². The highest BCUT2D eigenvalue weighted by atomic mass is 19.2. The zero-order valence-corrected chi connectivity index (χ0v) is 8.65. The van der Waals surface area contributed by atoms with Crippen molar-refractivity contribution >= 4 is 11.4 Å². The topological polar surface area (TPSA) is 24.9 Å². The Morgan fingerprint density at radius 2 is 1.50 bits per heavy atom. The van der Waals surface area contributed by atoms with Crippen LogP contribution in [0.3, 0.4) is 0 Å². The zero-order valence-electron chi connectivity index (χ0n) is 8.65. The molecule has 2 rings (SSSR count). The van der Waals surface area contributed by atoms with Crippen molar-refractivity contribution in [2.24, 2.45) is 0 Å². The van der Waals surface area contributed by atoms with Gasteiger partial charge in [-0.2, -0.15) is 4.39 Å². The second-order valence-corrected chi connectivity index (χ2v) is 3.34. The molecular formula is C11H5F5N2. The van der Waals surface area contributed by atoms with Gasteiger partial charge in [0, 0.05) is 24.0 Å². The summed E-state index contributed by atoms with van der Waals surface area (Å²) in [5, 5.41) is 2.05. The van der Waals surface area contributed by atoms with Gasteiger partial charge in [0.05, 0.1) is 0 Å². The first kappa shape index (κ1) is 12.3. The highest BCUT2D eigenvalue weighted by molar-refractivity contribution is 5.60. The predicted octanol–water partition coefficient (Wildman–Crippen LogP) is 3.52. The van der Waals surface area contributed by atoms with E-state index in [0.29, 0.717) is 0 Å². The second-order valence-electron chi connectivity index (χ2n) is 3.34. The van der Waals surface area contributed by atoms with Crippen LogP contribution in [0.4, 0.5) is 33.3 Å². The van der Waals surface area contributed by atoms with Gasteiger partial charge in [0.25, 0.3) is 0 Å². The maximum absolute atomic E-state index is 13.3. The largest absolute Gasteiger partial charge is 0.350 e. The van der Waals surface area contributed by atoms with Gasteiger partial charge in [-0.3, -0.25) is 0 Å². The number of nitrogens with one attached hydrogen (secondary N) is 1. The van der Waals surface area contributed by atoms with Crippen molar-refractivity contribution in [3.63, 3.8) is 0 Å². The molecule has 0 aliphatic carbocycles. The lowest BCUT2D eigenvalue weighted by Gasteiger charge is -2.09. The maximum Gasteiger partial charge on any atom is 0.214 e. The minimum atomic E-state index is -1.59. The van der Waals surface area contributed by atoms with Crippen LogP contribution in [0.2, 0.25) is 0 Å². The number of halogens is 5. The van der Waals surface area contributed by atoms with Crippen molar-refractivity contribution in [2.45, 2.75) is 0 Å². The molecule has 94 valence electrons. The summed E-state index contributed by atoms with van der Waals surface area (Å²) in [4.78, 5) is 3.22. The summed E-state index contributed by atoms with van der Waals surface area (Å²) >= 11 is 0. The molecule has 2 aromatic rings. The van der Waals surface area contributed by atoms with E-state index in [1.807, 2.05) is 0 Å². The molecule has 18 heavy (non-hydrogen) atoms. The molecule has 0 amide bonds. The number of rotatable bonds is 2. The Hall–Kier alpha value is -2.18. The quantitative estimate of drug-likeness (QED) is 0.507. The van der Waals surface area contributed by atoms with Gasteiger partial charge in [0.15, 0.2) is 23.3 Å². The van der Waals surface area contributed by atoms with Crippen molar-refractivity contribution in [1.29, 1.82) is 0 Å². The van der Waals surface area contributed by atoms with Crippen LogP contribution in [0.25, 0.3) is 0 Å². The summed E-state index contributed by atoms with van der Waals surface area (Å²) in [6, 6.07) is 2.09. The van der Waals surface area contributed by atoms with Gasteiger partial charge < -0.3 is 5.32 Å². The maximum atomic E-state index is 13.3. The Morgan fingerprint density at radius 3 is 2.06 bits per heavy atom. The molecule has 7 heteroatoms. The molecule has 0 bridgehead atoms. The lowest BCUT2D eigenvalue weighted by Crippen LogP contribution is -2.03. The van der Waals surface area contributed by atoms with E-state index in [-0.39, 0.29) is 11.8 Å². The van der Waals surface area contributed by atoms with Crippen LogP contribution >= 0.6 is 0 Å². The van der Waals surface area contributed by atoms with Crippen LogP contribution in [0.5, 0.6) is 0 Å². The van der Waals surface area contributed by atoms with Crippen LogP contribution in [0, 0.1) is 29.2 Å². The first-order chi connectivity index (χ1) is 8.49. The molecule has 0 aliphatic heterocycles. The van der Waals surface area contributed by atoms with Crippen LogP contribution in [0.15, 0.2) is 24.4 Å². The highest BCUT2D eigenvalue weighted by Gasteiger charge is 2.19. The van der Waals surface area contributed by atoms with E-state index in [1.54, 1.807) is 0 Å². The molecule has 0 aliphatic rings. The van der Waals surface area contributed by atoms with Crippen LogP contribution in [-0.2, 0) is 0 Å². The summed E-state index contributed by atoms with van der Waals surface area (Å²) in [7, 11) is 0. The number of hydrogen-bond donors (Lipinski definition) is 1. The molecule has 0 atom stereocenters. The van der Waals surface area contributed by atoms with Gasteiger partial charge in [-0.15, -0.1) is 0 Å². The molecule has 0 spiro atoms. The van der Waals surface area contributed by atoms with Crippen molar-refractivity contribution in [2.75, 3.05) is 5.32 Å². The number of hydrogen-bond acceptors (Lipinski definition) is 2. The number of pyridine rings is 1. The summed E-state index contributed by atoms with van der Waals surface area (Å²) in [5.74, 6) is -7.19. The fourth-order valence-corrected chi connectivity index (χ4v) is 1.31. The molecule has 2 nitrogen and oxygen atoms in total. The monoisotopic (exact) mass is 260 g/mol. The van der Waals surface area contributed by atoms with E-state index in [2.05, 4.69) is 10.3 Å². The molecule has 1 N–H and O–H groups in total. The van der Waals surface area contributed by atoms with E-state index in [9.17, 15) is 22.0 Å². The number of aromatic nitrogens is 1. The number of nitrogens with zero attached hydrogens (tertiary/aromatic N) is 1. The van der Waals surface area contributed by atoms with Crippen LogP contribution < -0.4 is 5.32 Å². The zero-order chi connectivity index (χ0) is 13.3.